The molecule has 0 amide bonds. The summed E-state index contributed by atoms with van der Waals surface area (Å²) < 4.78 is 0. The fourth-order valence-corrected chi connectivity index (χ4v) is 4.09. The van der Waals surface area contributed by atoms with Crippen LogP contribution >= 0.6 is 0 Å². The number of unbranched alkanes of at least 4 members (excludes halogenated alkanes) is 1. The van der Waals surface area contributed by atoms with Crippen molar-refractivity contribution in [1.82, 2.24) is 0 Å². The average molecular weight is 280 g/mol. The van der Waals surface area contributed by atoms with Crippen LogP contribution in [0.15, 0.2) is 47.6 Å². The molecule has 0 saturated heterocycles. The fraction of sp³-hybridized carbons (Fsp3) is 0.524. The van der Waals surface area contributed by atoms with E-state index in [2.05, 4.69) is 43.3 Å². The minimum Gasteiger partial charge on any atom is -0.0764 e. The van der Waals surface area contributed by atoms with Crippen molar-refractivity contribution in [3.8, 4) is 0 Å². The Hall–Kier alpha value is -1.30. The van der Waals surface area contributed by atoms with Crippen molar-refractivity contribution < 1.29 is 0 Å². The van der Waals surface area contributed by atoms with Crippen LogP contribution in [0.1, 0.15) is 70.3 Å². The Balaban J connectivity index is 1.95. The van der Waals surface area contributed by atoms with Crippen LogP contribution in [0.5, 0.6) is 0 Å². The van der Waals surface area contributed by atoms with Gasteiger partial charge in [-0.3, -0.25) is 0 Å². The lowest BCUT2D eigenvalue weighted by Crippen LogP contribution is -2.10. The van der Waals surface area contributed by atoms with Crippen molar-refractivity contribution >= 4 is 5.57 Å². The topological polar surface area (TPSA) is 0 Å². The smallest absolute Gasteiger partial charge is 0.0184 e. The molecule has 3 rings (SSSR count). The maximum atomic E-state index is 2.53. The second kappa shape index (κ2) is 7.11. The molecule has 1 atom stereocenters. The summed E-state index contributed by atoms with van der Waals surface area (Å²) >= 11 is 0. The lowest BCUT2D eigenvalue weighted by molar-refractivity contribution is 0.468. The van der Waals surface area contributed by atoms with Crippen LogP contribution in [0, 0.1) is 5.92 Å². The summed E-state index contributed by atoms with van der Waals surface area (Å²) in [7, 11) is 0. The molecule has 1 aromatic rings. The molecule has 0 aromatic heterocycles. The van der Waals surface area contributed by atoms with Gasteiger partial charge >= 0.3 is 0 Å². The standard InChI is InChI=1S/C21H28/c1-2-3-10-17-13-9-16-20(18-11-5-4-6-12-18)21-15-8-7-14-19(17)21/h4-6,11-12,16-17H,2-3,7-10,13-15H2,1H3. The van der Waals surface area contributed by atoms with Crippen molar-refractivity contribution in [3.05, 3.63) is 53.1 Å². The third-order valence-corrected chi connectivity index (χ3v) is 5.18. The third-order valence-electron chi connectivity index (χ3n) is 5.18. The predicted octanol–water partition coefficient (Wildman–Crippen LogP) is 6.54. The minimum absolute atomic E-state index is 0.859. The van der Waals surface area contributed by atoms with Gasteiger partial charge in [0.15, 0.2) is 0 Å². The van der Waals surface area contributed by atoms with Gasteiger partial charge in [0, 0.05) is 0 Å². The molecule has 0 heterocycles. The van der Waals surface area contributed by atoms with Crippen molar-refractivity contribution in [2.45, 2.75) is 64.7 Å². The zero-order valence-electron chi connectivity index (χ0n) is 13.4. The molecule has 0 radical (unpaired) electrons. The summed E-state index contributed by atoms with van der Waals surface area (Å²) in [5, 5.41) is 0. The molecule has 1 unspecified atom stereocenters. The summed E-state index contributed by atoms with van der Waals surface area (Å²) in [4.78, 5) is 0. The summed E-state index contributed by atoms with van der Waals surface area (Å²) in [6, 6.07) is 11.1. The van der Waals surface area contributed by atoms with Crippen LogP contribution in [0.4, 0.5) is 0 Å². The van der Waals surface area contributed by atoms with Gasteiger partial charge in [-0.05, 0) is 67.6 Å². The lowest BCUT2D eigenvalue weighted by Gasteiger charge is -2.27. The Bertz CT molecular complexity index is 518. The van der Waals surface area contributed by atoms with Gasteiger partial charge in [0.1, 0.15) is 0 Å². The fourth-order valence-electron chi connectivity index (χ4n) is 4.09. The molecule has 2 aliphatic rings. The van der Waals surface area contributed by atoms with Crippen molar-refractivity contribution in [2.75, 3.05) is 0 Å². The van der Waals surface area contributed by atoms with Crippen molar-refractivity contribution in [3.63, 3.8) is 0 Å². The highest BCUT2D eigenvalue weighted by atomic mass is 14.3. The molecule has 0 bridgehead atoms. The number of benzene rings is 1. The van der Waals surface area contributed by atoms with Gasteiger partial charge in [-0.15, -0.1) is 0 Å². The van der Waals surface area contributed by atoms with E-state index in [4.69, 9.17) is 0 Å². The summed E-state index contributed by atoms with van der Waals surface area (Å²) in [6.07, 6.45) is 14.7. The van der Waals surface area contributed by atoms with Gasteiger partial charge in [0.05, 0.1) is 0 Å². The lowest BCUT2D eigenvalue weighted by atomic mass is 9.78. The predicted molar refractivity (Wildman–Crippen MR) is 92.2 cm³/mol. The van der Waals surface area contributed by atoms with Crippen LogP contribution in [-0.4, -0.2) is 0 Å². The van der Waals surface area contributed by atoms with Gasteiger partial charge in [-0.1, -0.05) is 61.7 Å². The summed E-state index contributed by atoms with van der Waals surface area (Å²) in [5.41, 5.74) is 6.53. The Morgan fingerprint density at radius 2 is 1.86 bits per heavy atom. The SMILES string of the molecule is CCCCC1CCC=C(c2ccccc2)C2=C1CCCC2. The Morgan fingerprint density at radius 3 is 2.67 bits per heavy atom. The average Bonchev–Trinajstić information content (AvgIpc) is 2.73. The molecule has 112 valence electrons. The zero-order valence-corrected chi connectivity index (χ0v) is 13.4. The molecular weight excluding hydrogens is 252 g/mol. The second-order valence-corrected chi connectivity index (χ2v) is 6.61. The van der Waals surface area contributed by atoms with E-state index < -0.39 is 0 Å². The van der Waals surface area contributed by atoms with Gasteiger partial charge in [0.25, 0.3) is 0 Å². The number of allylic oxidation sites excluding steroid dienone is 4. The second-order valence-electron chi connectivity index (χ2n) is 6.61. The summed E-state index contributed by atoms with van der Waals surface area (Å²) in [6.45, 7) is 2.32. The first-order chi connectivity index (χ1) is 10.4. The molecule has 0 nitrogen and oxygen atoms in total. The summed E-state index contributed by atoms with van der Waals surface area (Å²) in [5.74, 6) is 0.859. The van der Waals surface area contributed by atoms with Crippen LogP contribution in [0.25, 0.3) is 5.57 Å². The molecular formula is C21H28. The van der Waals surface area contributed by atoms with E-state index in [1.54, 1.807) is 11.1 Å². The first kappa shape index (κ1) is 14.6. The van der Waals surface area contributed by atoms with E-state index >= 15 is 0 Å². The highest BCUT2D eigenvalue weighted by molar-refractivity contribution is 5.80. The van der Waals surface area contributed by atoms with Crippen LogP contribution in [0.3, 0.4) is 0 Å². The van der Waals surface area contributed by atoms with Gasteiger partial charge < -0.3 is 0 Å². The largest absolute Gasteiger partial charge is 0.0764 e. The van der Waals surface area contributed by atoms with E-state index in [1.165, 1.54) is 63.4 Å². The van der Waals surface area contributed by atoms with Crippen LogP contribution in [0.2, 0.25) is 0 Å². The maximum Gasteiger partial charge on any atom is -0.0184 e. The third kappa shape index (κ3) is 3.31. The molecule has 0 fully saturated rings. The molecule has 21 heavy (non-hydrogen) atoms. The Labute approximate surface area is 130 Å². The molecule has 2 aliphatic carbocycles. The normalized spacial score (nSPS) is 22.5. The van der Waals surface area contributed by atoms with Gasteiger partial charge in [-0.2, -0.15) is 0 Å². The monoisotopic (exact) mass is 280 g/mol. The molecule has 0 spiro atoms. The molecule has 1 aromatic carbocycles. The van der Waals surface area contributed by atoms with Gasteiger partial charge in [-0.25, -0.2) is 0 Å². The maximum absolute atomic E-state index is 2.53. The van der Waals surface area contributed by atoms with Crippen LogP contribution < -0.4 is 0 Å². The molecule has 0 N–H and O–H groups in total. The molecule has 0 saturated carbocycles. The Morgan fingerprint density at radius 1 is 1.05 bits per heavy atom. The van der Waals surface area contributed by atoms with E-state index in [-0.39, 0.29) is 0 Å². The Kier molecular flexibility index (Phi) is 4.95. The quantitative estimate of drug-likeness (QED) is 0.587. The van der Waals surface area contributed by atoms with E-state index in [0.717, 1.165) is 5.92 Å². The number of hydrogen-bond donors (Lipinski definition) is 0. The first-order valence-electron chi connectivity index (χ1n) is 8.88. The van der Waals surface area contributed by atoms with Crippen LogP contribution in [-0.2, 0) is 0 Å². The number of rotatable bonds is 4. The first-order valence-corrected chi connectivity index (χ1v) is 8.88. The van der Waals surface area contributed by atoms with Gasteiger partial charge in [0.2, 0.25) is 0 Å². The van der Waals surface area contributed by atoms with Crippen molar-refractivity contribution in [1.29, 1.82) is 0 Å². The minimum atomic E-state index is 0.859. The van der Waals surface area contributed by atoms with E-state index in [9.17, 15) is 0 Å². The van der Waals surface area contributed by atoms with Crippen molar-refractivity contribution in [2.24, 2.45) is 5.92 Å². The highest BCUT2D eigenvalue weighted by Crippen LogP contribution is 2.43. The zero-order chi connectivity index (χ0) is 14.5. The molecule has 0 heteroatoms. The van der Waals surface area contributed by atoms with E-state index in [0.29, 0.717) is 0 Å². The number of hydrogen-bond acceptors (Lipinski definition) is 0. The van der Waals surface area contributed by atoms with E-state index in [1.807, 2.05) is 5.57 Å². The highest BCUT2D eigenvalue weighted by Gasteiger charge is 2.25. The molecule has 0 aliphatic heterocycles.